The second kappa shape index (κ2) is 5.72. The Morgan fingerprint density at radius 3 is 2.50 bits per heavy atom. The van der Waals surface area contributed by atoms with Crippen LogP contribution in [0.15, 0.2) is 35.9 Å². The van der Waals surface area contributed by atoms with Gasteiger partial charge in [-0.1, -0.05) is 30.3 Å². The third-order valence-corrected chi connectivity index (χ3v) is 1.79. The van der Waals surface area contributed by atoms with Crippen molar-refractivity contribution < 1.29 is 9.53 Å². The molecule has 82 valence electrons. The number of nitriles is 1. The van der Waals surface area contributed by atoms with Crippen molar-refractivity contribution in [1.29, 1.82) is 5.26 Å². The summed E-state index contributed by atoms with van der Waals surface area (Å²) >= 11 is 0. The van der Waals surface area contributed by atoms with E-state index in [1.165, 1.54) is 6.08 Å². The van der Waals surface area contributed by atoms with E-state index >= 15 is 0 Å². The van der Waals surface area contributed by atoms with Crippen molar-refractivity contribution in [2.75, 3.05) is 0 Å². The minimum absolute atomic E-state index is 0.0138. The molecule has 0 heterocycles. The van der Waals surface area contributed by atoms with Crippen LogP contribution in [0.3, 0.4) is 0 Å². The summed E-state index contributed by atoms with van der Waals surface area (Å²) in [6.07, 6.45) is 1.30. The lowest BCUT2D eigenvalue weighted by atomic mass is 10.1. The Labute approximate surface area is 95.0 Å². The largest absolute Gasteiger partial charge is 0.459 e. The zero-order chi connectivity index (χ0) is 12.0. The summed E-state index contributed by atoms with van der Waals surface area (Å²) in [5, 5.41) is 8.85. The van der Waals surface area contributed by atoms with Gasteiger partial charge in [-0.2, -0.15) is 5.26 Å². The molecular weight excluding hydrogens is 202 g/mol. The van der Waals surface area contributed by atoms with Crippen LogP contribution in [0.5, 0.6) is 0 Å². The van der Waals surface area contributed by atoms with Crippen molar-refractivity contribution in [3.05, 3.63) is 41.5 Å². The van der Waals surface area contributed by atoms with Gasteiger partial charge in [0.2, 0.25) is 0 Å². The molecule has 0 unspecified atom stereocenters. The number of carbonyl (C=O) groups excluding carboxylic acids is 1. The maximum atomic E-state index is 11.5. The lowest BCUT2D eigenvalue weighted by Crippen LogP contribution is -2.12. The predicted octanol–water partition coefficient (Wildman–Crippen LogP) is 2.55. The van der Waals surface area contributed by atoms with Crippen LogP contribution in [0.1, 0.15) is 19.4 Å². The number of ether oxygens (including phenoxy) is 1. The van der Waals surface area contributed by atoms with Gasteiger partial charge in [0.1, 0.15) is 11.6 Å². The van der Waals surface area contributed by atoms with Gasteiger partial charge in [0, 0.05) is 0 Å². The van der Waals surface area contributed by atoms with E-state index in [1.54, 1.807) is 13.8 Å². The van der Waals surface area contributed by atoms with Crippen molar-refractivity contribution in [3.8, 4) is 6.07 Å². The molecule has 3 heteroatoms. The third-order valence-electron chi connectivity index (χ3n) is 1.79. The second-order valence-corrected chi connectivity index (χ2v) is 3.53. The van der Waals surface area contributed by atoms with Gasteiger partial charge in [0.05, 0.1) is 6.10 Å². The number of nitrogens with zero attached hydrogens (tertiary/aromatic N) is 1. The quantitative estimate of drug-likeness (QED) is 0.442. The highest BCUT2D eigenvalue weighted by Gasteiger charge is 2.11. The normalized spacial score (nSPS) is 11.0. The first-order valence-electron chi connectivity index (χ1n) is 5.01. The lowest BCUT2D eigenvalue weighted by molar-refractivity contribution is -0.142. The monoisotopic (exact) mass is 215 g/mol. The minimum atomic E-state index is -0.582. The predicted molar refractivity (Wildman–Crippen MR) is 61.3 cm³/mol. The molecule has 0 radical (unpaired) electrons. The van der Waals surface area contributed by atoms with Crippen LogP contribution in [0.25, 0.3) is 6.08 Å². The Kier molecular flexibility index (Phi) is 4.28. The van der Waals surface area contributed by atoms with Gasteiger partial charge in [-0.3, -0.25) is 0 Å². The Hall–Kier alpha value is -2.08. The summed E-state index contributed by atoms with van der Waals surface area (Å²) in [6, 6.07) is 11.0. The van der Waals surface area contributed by atoms with Gasteiger partial charge in [-0.15, -0.1) is 0 Å². The molecule has 0 spiro atoms. The highest BCUT2D eigenvalue weighted by Crippen LogP contribution is 2.08. The van der Waals surface area contributed by atoms with Crippen LogP contribution < -0.4 is 0 Å². The van der Waals surface area contributed by atoms with Gasteiger partial charge in [0.15, 0.2) is 0 Å². The maximum absolute atomic E-state index is 11.5. The van der Waals surface area contributed by atoms with Crippen LogP contribution in [-0.4, -0.2) is 12.1 Å². The molecule has 0 atom stereocenters. The summed E-state index contributed by atoms with van der Waals surface area (Å²) in [5.74, 6) is -0.582. The standard InChI is InChI=1S/C13H13NO2/c1-10(2)16-13(15)12(9-14)8-11-6-4-3-5-7-11/h3-8,10H,1-2H3. The van der Waals surface area contributed by atoms with Gasteiger partial charge < -0.3 is 4.74 Å². The Morgan fingerprint density at radius 2 is 2.00 bits per heavy atom. The molecule has 0 aromatic heterocycles. The molecule has 0 amide bonds. The molecule has 0 saturated heterocycles. The highest BCUT2D eigenvalue weighted by molar-refractivity contribution is 5.97. The fraction of sp³-hybridized carbons (Fsp3) is 0.231. The van der Waals surface area contributed by atoms with Crippen LogP contribution in [-0.2, 0) is 9.53 Å². The molecule has 0 saturated carbocycles. The molecule has 0 aliphatic heterocycles. The van der Waals surface area contributed by atoms with E-state index in [0.29, 0.717) is 0 Å². The molecule has 1 aromatic carbocycles. The Bertz CT molecular complexity index is 427. The average molecular weight is 215 g/mol. The topological polar surface area (TPSA) is 50.1 Å². The Morgan fingerprint density at radius 1 is 1.38 bits per heavy atom. The average Bonchev–Trinajstić information content (AvgIpc) is 2.26. The Balaban J connectivity index is 2.88. The van der Waals surface area contributed by atoms with Crippen LogP contribution in [0, 0.1) is 11.3 Å². The van der Waals surface area contributed by atoms with E-state index in [0.717, 1.165) is 5.56 Å². The number of hydrogen-bond donors (Lipinski definition) is 0. The molecule has 0 N–H and O–H groups in total. The second-order valence-electron chi connectivity index (χ2n) is 3.53. The van der Waals surface area contributed by atoms with Crippen molar-refractivity contribution in [3.63, 3.8) is 0 Å². The first kappa shape index (κ1) is 12.0. The summed E-state index contributed by atoms with van der Waals surface area (Å²) in [6.45, 7) is 3.49. The summed E-state index contributed by atoms with van der Waals surface area (Å²) < 4.78 is 4.95. The van der Waals surface area contributed by atoms with Gasteiger partial charge in [-0.25, -0.2) is 4.79 Å². The van der Waals surface area contributed by atoms with Crippen LogP contribution in [0.4, 0.5) is 0 Å². The number of rotatable bonds is 3. The molecule has 1 aromatic rings. The van der Waals surface area contributed by atoms with Gasteiger partial charge in [-0.05, 0) is 25.5 Å². The molecule has 0 bridgehead atoms. The van der Waals surface area contributed by atoms with Crippen molar-refractivity contribution in [2.45, 2.75) is 20.0 Å². The molecular formula is C13H13NO2. The van der Waals surface area contributed by atoms with E-state index in [1.807, 2.05) is 36.4 Å². The summed E-state index contributed by atoms with van der Waals surface area (Å²) in [7, 11) is 0. The number of carbonyl (C=O) groups is 1. The van der Waals surface area contributed by atoms with E-state index in [-0.39, 0.29) is 11.7 Å². The molecule has 1 rings (SSSR count). The maximum Gasteiger partial charge on any atom is 0.349 e. The molecule has 16 heavy (non-hydrogen) atoms. The summed E-state index contributed by atoms with van der Waals surface area (Å²) in [5.41, 5.74) is 0.819. The number of esters is 1. The smallest absolute Gasteiger partial charge is 0.349 e. The molecule has 3 nitrogen and oxygen atoms in total. The molecule has 0 aliphatic carbocycles. The zero-order valence-electron chi connectivity index (χ0n) is 9.31. The zero-order valence-corrected chi connectivity index (χ0v) is 9.31. The minimum Gasteiger partial charge on any atom is -0.459 e. The lowest BCUT2D eigenvalue weighted by Gasteiger charge is -2.06. The van der Waals surface area contributed by atoms with Crippen LogP contribution >= 0.6 is 0 Å². The van der Waals surface area contributed by atoms with Gasteiger partial charge in [0.25, 0.3) is 0 Å². The van der Waals surface area contributed by atoms with Crippen molar-refractivity contribution >= 4 is 12.0 Å². The fourth-order valence-corrected chi connectivity index (χ4v) is 1.13. The van der Waals surface area contributed by atoms with Crippen LogP contribution in [0.2, 0.25) is 0 Å². The van der Waals surface area contributed by atoms with E-state index < -0.39 is 5.97 Å². The first-order valence-corrected chi connectivity index (χ1v) is 5.01. The highest BCUT2D eigenvalue weighted by atomic mass is 16.5. The van der Waals surface area contributed by atoms with E-state index in [4.69, 9.17) is 10.00 Å². The molecule has 0 aliphatic rings. The number of hydrogen-bond acceptors (Lipinski definition) is 3. The third kappa shape index (κ3) is 3.58. The van der Waals surface area contributed by atoms with Crippen molar-refractivity contribution in [1.82, 2.24) is 0 Å². The SMILES string of the molecule is CC(C)OC(=O)C(C#N)=Cc1ccccc1. The van der Waals surface area contributed by atoms with E-state index in [2.05, 4.69) is 0 Å². The van der Waals surface area contributed by atoms with E-state index in [9.17, 15) is 4.79 Å². The molecule has 0 fully saturated rings. The van der Waals surface area contributed by atoms with Gasteiger partial charge >= 0.3 is 5.97 Å². The first-order chi connectivity index (χ1) is 7.63. The summed E-state index contributed by atoms with van der Waals surface area (Å²) in [4.78, 5) is 11.5. The fourth-order valence-electron chi connectivity index (χ4n) is 1.13. The van der Waals surface area contributed by atoms with Crippen molar-refractivity contribution in [2.24, 2.45) is 0 Å². The number of benzene rings is 1.